The number of nitrogens with zero attached hydrogens (tertiary/aromatic N) is 1. The van der Waals surface area contributed by atoms with Gasteiger partial charge < -0.3 is 9.72 Å². The van der Waals surface area contributed by atoms with Gasteiger partial charge in [-0.1, -0.05) is 18.2 Å². The fourth-order valence-electron chi connectivity index (χ4n) is 2.54. The second kappa shape index (κ2) is 7.63. The van der Waals surface area contributed by atoms with Crippen molar-refractivity contribution < 1.29 is 9.53 Å². The van der Waals surface area contributed by atoms with Crippen molar-refractivity contribution in [2.45, 2.75) is 43.9 Å². The first-order valence-electron chi connectivity index (χ1n) is 8.29. The number of aromatic amines is 1. The largest absolute Gasteiger partial charge is 0.454 e. The summed E-state index contributed by atoms with van der Waals surface area (Å²) >= 11 is 2.91. The third kappa shape index (κ3) is 3.83. The SMILES string of the molecule is Cc1sc2nc([C@@H](C)OC(=O)[C@H](C)Sc3ccccc3)[nH]c(=O)c2c1C. The maximum absolute atomic E-state index is 12.4. The van der Waals surface area contributed by atoms with E-state index in [4.69, 9.17) is 4.74 Å². The minimum atomic E-state index is -0.624. The summed E-state index contributed by atoms with van der Waals surface area (Å²) in [6.45, 7) is 7.40. The molecule has 0 aliphatic carbocycles. The summed E-state index contributed by atoms with van der Waals surface area (Å²) < 4.78 is 5.52. The summed E-state index contributed by atoms with van der Waals surface area (Å²) in [5, 5.41) is 0.254. The number of H-pyrrole nitrogens is 1. The normalized spacial score (nSPS) is 13.5. The monoisotopic (exact) mass is 388 g/mol. The zero-order valence-corrected chi connectivity index (χ0v) is 16.7. The van der Waals surface area contributed by atoms with Crippen molar-refractivity contribution >= 4 is 39.3 Å². The molecule has 2 aromatic heterocycles. The lowest BCUT2D eigenvalue weighted by molar-refractivity contribution is -0.147. The van der Waals surface area contributed by atoms with Crippen LogP contribution < -0.4 is 5.56 Å². The van der Waals surface area contributed by atoms with Crippen molar-refractivity contribution in [1.82, 2.24) is 9.97 Å². The molecule has 0 saturated heterocycles. The maximum Gasteiger partial charge on any atom is 0.319 e. The van der Waals surface area contributed by atoms with Gasteiger partial charge in [0.1, 0.15) is 10.1 Å². The van der Waals surface area contributed by atoms with E-state index in [1.807, 2.05) is 44.2 Å². The number of aryl methyl sites for hydroxylation is 2. The fraction of sp³-hybridized carbons (Fsp3) is 0.316. The molecule has 2 heterocycles. The lowest BCUT2D eigenvalue weighted by Crippen LogP contribution is -2.21. The molecule has 0 fully saturated rings. The van der Waals surface area contributed by atoms with Crippen LogP contribution in [0.15, 0.2) is 40.0 Å². The van der Waals surface area contributed by atoms with Gasteiger partial charge in [-0.3, -0.25) is 9.59 Å². The number of fused-ring (bicyclic) bond motifs is 1. The molecule has 3 aromatic rings. The number of carbonyl (C=O) groups is 1. The molecule has 0 radical (unpaired) electrons. The van der Waals surface area contributed by atoms with Gasteiger partial charge in [-0.2, -0.15) is 0 Å². The number of esters is 1. The van der Waals surface area contributed by atoms with Gasteiger partial charge in [0.25, 0.3) is 5.56 Å². The van der Waals surface area contributed by atoms with Crippen LogP contribution in [0.2, 0.25) is 0 Å². The number of thioether (sulfide) groups is 1. The number of rotatable bonds is 5. The summed E-state index contributed by atoms with van der Waals surface area (Å²) in [5.74, 6) is 0.0293. The van der Waals surface area contributed by atoms with Crippen LogP contribution in [0.1, 0.15) is 36.2 Å². The van der Waals surface area contributed by atoms with Gasteiger partial charge in [0, 0.05) is 9.77 Å². The quantitative estimate of drug-likeness (QED) is 0.518. The predicted molar refractivity (Wildman–Crippen MR) is 106 cm³/mol. The van der Waals surface area contributed by atoms with E-state index < -0.39 is 6.10 Å². The Bertz CT molecular complexity index is 995. The van der Waals surface area contributed by atoms with Crippen LogP contribution in [0.25, 0.3) is 10.2 Å². The fourth-order valence-corrected chi connectivity index (χ4v) is 4.45. The van der Waals surface area contributed by atoms with E-state index in [9.17, 15) is 9.59 Å². The van der Waals surface area contributed by atoms with Crippen LogP contribution in [0.5, 0.6) is 0 Å². The third-order valence-corrected chi connectivity index (χ3v) is 6.31. The Morgan fingerprint density at radius 1 is 1.23 bits per heavy atom. The molecule has 3 rings (SSSR count). The Hall–Kier alpha value is -2.12. The van der Waals surface area contributed by atoms with E-state index in [2.05, 4.69) is 9.97 Å². The summed E-state index contributed by atoms with van der Waals surface area (Å²) in [4.78, 5) is 34.7. The van der Waals surface area contributed by atoms with Crippen LogP contribution in [-0.4, -0.2) is 21.2 Å². The van der Waals surface area contributed by atoms with Gasteiger partial charge in [-0.15, -0.1) is 23.1 Å². The molecule has 0 bridgehead atoms. The van der Waals surface area contributed by atoms with Gasteiger partial charge in [0.2, 0.25) is 0 Å². The molecule has 1 aromatic carbocycles. The van der Waals surface area contributed by atoms with Crippen molar-refractivity contribution in [3.05, 3.63) is 57.0 Å². The van der Waals surface area contributed by atoms with Crippen molar-refractivity contribution in [3.8, 4) is 0 Å². The van der Waals surface area contributed by atoms with Crippen LogP contribution >= 0.6 is 23.1 Å². The highest BCUT2D eigenvalue weighted by Gasteiger charge is 2.22. The lowest BCUT2D eigenvalue weighted by atomic mass is 10.2. The van der Waals surface area contributed by atoms with Crippen LogP contribution in [0.3, 0.4) is 0 Å². The molecule has 0 aliphatic heterocycles. The average molecular weight is 389 g/mol. The Kier molecular flexibility index (Phi) is 5.48. The molecular weight excluding hydrogens is 368 g/mol. The number of nitrogens with one attached hydrogen (secondary N) is 1. The Balaban J connectivity index is 1.75. The summed E-state index contributed by atoms with van der Waals surface area (Å²) in [6, 6.07) is 9.69. The molecule has 0 unspecified atom stereocenters. The molecule has 26 heavy (non-hydrogen) atoms. The first kappa shape index (κ1) is 18.7. The van der Waals surface area contributed by atoms with Gasteiger partial charge in [-0.25, -0.2) is 4.98 Å². The Labute approximate surface area is 159 Å². The van der Waals surface area contributed by atoms with Gasteiger partial charge in [-0.05, 0) is 45.4 Å². The summed E-state index contributed by atoms with van der Waals surface area (Å²) in [7, 11) is 0. The summed E-state index contributed by atoms with van der Waals surface area (Å²) in [5.41, 5.74) is 0.754. The van der Waals surface area contributed by atoms with E-state index in [1.165, 1.54) is 23.1 Å². The molecule has 1 N–H and O–H groups in total. The molecule has 0 aliphatic rings. The van der Waals surface area contributed by atoms with Gasteiger partial charge >= 0.3 is 5.97 Å². The predicted octanol–water partition coefficient (Wildman–Crippen LogP) is 4.39. The highest BCUT2D eigenvalue weighted by Crippen LogP contribution is 2.28. The Morgan fingerprint density at radius 2 is 1.92 bits per heavy atom. The van der Waals surface area contributed by atoms with E-state index in [0.29, 0.717) is 16.0 Å². The zero-order valence-electron chi connectivity index (χ0n) is 15.0. The molecular formula is C19H20N2O3S2. The highest BCUT2D eigenvalue weighted by molar-refractivity contribution is 8.00. The molecule has 136 valence electrons. The van der Waals surface area contributed by atoms with Crippen LogP contribution in [-0.2, 0) is 9.53 Å². The number of hydrogen-bond acceptors (Lipinski definition) is 6. The topological polar surface area (TPSA) is 72.0 Å². The molecule has 2 atom stereocenters. The van der Waals surface area contributed by atoms with E-state index in [0.717, 1.165) is 15.3 Å². The Morgan fingerprint density at radius 3 is 2.62 bits per heavy atom. The first-order chi connectivity index (χ1) is 12.4. The van der Waals surface area contributed by atoms with E-state index in [1.54, 1.807) is 13.8 Å². The molecule has 0 saturated carbocycles. The van der Waals surface area contributed by atoms with Crippen molar-refractivity contribution in [2.24, 2.45) is 0 Å². The van der Waals surface area contributed by atoms with Crippen molar-refractivity contribution in [3.63, 3.8) is 0 Å². The van der Waals surface area contributed by atoms with Crippen LogP contribution in [0, 0.1) is 13.8 Å². The van der Waals surface area contributed by atoms with Gasteiger partial charge in [0.05, 0.1) is 5.39 Å². The maximum atomic E-state index is 12.4. The number of carbonyl (C=O) groups excluding carboxylic acids is 1. The number of benzene rings is 1. The third-order valence-electron chi connectivity index (χ3n) is 4.12. The number of aromatic nitrogens is 2. The smallest absolute Gasteiger partial charge is 0.319 e. The van der Waals surface area contributed by atoms with E-state index in [-0.39, 0.29) is 16.8 Å². The molecule has 0 amide bonds. The van der Waals surface area contributed by atoms with Crippen LogP contribution in [0.4, 0.5) is 0 Å². The van der Waals surface area contributed by atoms with Crippen molar-refractivity contribution in [2.75, 3.05) is 0 Å². The average Bonchev–Trinajstić information content (AvgIpc) is 2.90. The number of ether oxygens (including phenoxy) is 1. The minimum Gasteiger partial charge on any atom is -0.454 e. The first-order valence-corrected chi connectivity index (χ1v) is 9.98. The van der Waals surface area contributed by atoms with E-state index >= 15 is 0 Å². The van der Waals surface area contributed by atoms with Crippen molar-refractivity contribution in [1.29, 1.82) is 0 Å². The molecule has 5 nitrogen and oxygen atoms in total. The zero-order chi connectivity index (χ0) is 18.8. The summed E-state index contributed by atoms with van der Waals surface area (Å²) in [6.07, 6.45) is -0.624. The second-order valence-corrected chi connectivity index (χ2v) is 8.68. The standard InChI is InChI=1S/C19H20N2O3S2/c1-10-12(3)26-18-15(10)17(22)20-16(21-18)11(2)24-19(23)13(4)25-14-8-6-5-7-9-14/h5-9,11,13H,1-4H3,(H,20,21,22)/t11-,13+/m1/s1. The van der Waals surface area contributed by atoms with Gasteiger partial charge in [0.15, 0.2) is 11.9 Å². The number of hydrogen-bond donors (Lipinski definition) is 1. The minimum absolute atomic E-state index is 0.193. The lowest BCUT2D eigenvalue weighted by Gasteiger charge is -2.16. The molecule has 7 heteroatoms. The number of thiophene rings is 1. The molecule has 0 spiro atoms. The highest BCUT2D eigenvalue weighted by atomic mass is 32.2. The second-order valence-electron chi connectivity index (χ2n) is 6.07.